The lowest BCUT2D eigenvalue weighted by atomic mass is 10.3. The van der Waals surface area contributed by atoms with E-state index >= 15 is 0 Å². The van der Waals surface area contributed by atoms with Crippen molar-refractivity contribution in [2.75, 3.05) is 26.7 Å². The lowest BCUT2D eigenvalue weighted by molar-refractivity contribution is -0.138. The number of aliphatic carboxylic acids is 1. The van der Waals surface area contributed by atoms with Crippen molar-refractivity contribution in [3.8, 4) is 0 Å². The SMILES string of the molecule is C=CCOC(=O)NCCC(=O)N(C)CCC(=O)O. The fourth-order valence-electron chi connectivity index (χ4n) is 1.04. The van der Waals surface area contributed by atoms with Gasteiger partial charge < -0.3 is 20.1 Å². The first kappa shape index (κ1) is 16.0. The molecule has 0 rings (SSSR count). The Kier molecular flexibility index (Phi) is 8.00. The molecule has 0 aromatic rings. The molecule has 0 fully saturated rings. The number of rotatable bonds is 8. The Bertz CT molecular complexity index is 317. The predicted octanol–water partition coefficient (Wildman–Crippen LogP) is 0.222. The first-order valence-electron chi connectivity index (χ1n) is 5.44. The van der Waals surface area contributed by atoms with Gasteiger partial charge in [0.2, 0.25) is 5.91 Å². The Morgan fingerprint density at radius 3 is 2.61 bits per heavy atom. The maximum Gasteiger partial charge on any atom is 0.407 e. The van der Waals surface area contributed by atoms with E-state index in [1.54, 1.807) is 0 Å². The first-order chi connectivity index (χ1) is 8.47. The molecule has 0 aliphatic rings. The van der Waals surface area contributed by atoms with Crippen LogP contribution in [0.5, 0.6) is 0 Å². The Balaban J connectivity index is 3.72. The third-order valence-corrected chi connectivity index (χ3v) is 2.03. The van der Waals surface area contributed by atoms with Crippen molar-refractivity contribution in [3.63, 3.8) is 0 Å². The van der Waals surface area contributed by atoms with Crippen LogP contribution >= 0.6 is 0 Å². The van der Waals surface area contributed by atoms with Gasteiger partial charge in [-0.1, -0.05) is 12.7 Å². The van der Waals surface area contributed by atoms with Gasteiger partial charge in [0.1, 0.15) is 6.61 Å². The molecule has 7 heteroatoms. The van der Waals surface area contributed by atoms with E-state index in [4.69, 9.17) is 5.11 Å². The second-order valence-corrected chi connectivity index (χ2v) is 3.52. The highest BCUT2D eigenvalue weighted by Crippen LogP contribution is 1.93. The van der Waals surface area contributed by atoms with Gasteiger partial charge in [0, 0.05) is 26.6 Å². The summed E-state index contributed by atoms with van der Waals surface area (Å²) in [5, 5.41) is 10.9. The maximum absolute atomic E-state index is 11.5. The van der Waals surface area contributed by atoms with Gasteiger partial charge in [0.15, 0.2) is 0 Å². The van der Waals surface area contributed by atoms with Crippen molar-refractivity contribution in [1.82, 2.24) is 10.2 Å². The molecular formula is C11H18N2O5. The van der Waals surface area contributed by atoms with E-state index in [0.717, 1.165) is 0 Å². The van der Waals surface area contributed by atoms with Gasteiger partial charge in [0.25, 0.3) is 0 Å². The van der Waals surface area contributed by atoms with E-state index in [2.05, 4.69) is 16.6 Å². The van der Waals surface area contributed by atoms with E-state index in [1.807, 2.05) is 0 Å². The largest absolute Gasteiger partial charge is 0.481 e. The normalized spacial score (nSPS) is 9.39. The Morgan fingerprint density at radius 1 is 1.39 bits per heavy atom. The first-order valence-corrected chi connectivity index (χ1v) is 5.44. The van der Waals surface area contributed by atoms with Gasteiger partial charge in [-0.3, -0.25) is 9.59 Å². The smallest absolute Gasteiger partial charge is 0.407 e. The van der Waals surface area contributed by atoms with Crippen molar-refractivity contribution >= 4 is 18.0 Å². The summed E-state index contributed by atoms with van der Waals surface area (Å²) >= 11 is 0. The van der Waals surface area contributed by atoms with Crippen molar-refractivity contribution in [2.45, 2.75) is 12.8 Å². The number of ether oxygens (including phenoxy) is 1. The van der Waals surface area contributed by atoms with Gasteiger partial charge in [-0.2, -0.15) is 0 Å². The molecule has 18 heavy (non-hydrogen) atoms. The lowest BCUT2D eigenvalue weighted by Gasteiger charge is -2.15. The van der Waals surface area contributed by atoms with E-state index in [9.17, 15) is 14.4 Å². The number of carboxylic acid groups (broad SMARTS) is 1. The summed E-state index contributed by atoms with van der Waals surface area (Å²) in [5.74, 6) is -1.19. The van der Waals surface area contributed by atoms with Crippen molar-refractivity contribution < 1.29 is 24.2 Å². The highest BCUT2D eigenvalue weighted by Gasteiger charge is 2.10. The molecule has 2 N–H and O–H groups in total. The van der Waals surface area contributed by atoms with Crippen molar-refractivity contribution in [3.05, 3.63) is 12.7 Å². The van der Waals surface area contributed by atoms with Crippen LogP contribution in [0.15, 0.2) is 12.7 Å². The molecule has 0 spiro atoms. The Hall–Kier alpha value is -2.05. The minimum atomic E-state index is -0.958. The molecule has 0 radical (unpaired) electrons. The minimum absolute atomic E-state index is 0.0965. The number of carbonyl (C=O) groups is 3. The summed E-state index contributed by atoms with van der Waals surface area (Å²) in [6.07, 6.45) is 0.816. The summed E-state index contributed by atoms with van der Waals surface area (Å²) in [7, 11) is 1.52. The lowest BCUT2D eigenvalue weighted by Crippen LogP contribution is -2.33. The van der Waals surface area contributed by atoms with Gasteiger partial charge in [-0.05, 0) is 0 Å². The fraction of sp³-hybridized carbons (Fsp3) is 0.545. The van der Waals surface area contributed by atoms with Crippen molar-refractivity contribution in [1.29, 1.82) is 0 Å². The topological polar surface area (TPSA) is 95.9 Å². The van der Waals surface area contributed by atoms with Gasteiger partial charge >= 0.3 is 12.1 Å². The third-order valence-electron chi connectivity index (χ3n) is 2.03. The Morgan fingerprint density at radius 2 is 2.06 bits per heavy atom. The minimum Gasteiger partial charge on any atom is -0.481 e. The van der Waals surface area contributed by atoms with E-state index in [-0.39, 0.29) is 38.4 Å². The highest BCUT2D eigenvalue weighted by molar-refractivity contribution is 5.77. The molecule has 0 atom stereocenters. The van der Waals surface area contributed by atoms with E-state index in [1.165, 1.54) is 18.0 Å². The molecule has 0 aromatic carbocycles. The number of nitrogens with zero attached hydrogens (tertiary/aromatic N) is 1. The standard InChI is InChI=1S/C11H18N2O5/c1-3-8-18-11(17)12-6-4-9(14)13(2)7-5-10(15)16/h3H,1,4-8H2,2H3,(H,12,17)(H,15,16). The number of nitrogens with one attached hydrogen (secondary N) is 1. The number of carbonyl (C=O) groups excluding carboxylic acids is 2. The highest BCUT2D eigenvalue weighted by atomic mass is 16.5. The van der Waals surface area contributed by atoms with Crippen LogP contribution in [0.2, 0.25) is 0 Å². The van der Waals surface area contributed by atoms with Crippen LogP contribution in [0, 0.1) is 0 Å². The zero-order valence-corrected chi connectivity index (χ0v) is 10.3. The molecule has 102 valence electrons. The van der Waals surface area contributed by atoms with Crippen molar-refractivity contribution in [2.24, 2.45) is 0 Å². The zero-order valence-electron chi connectivity index (χ0n) is 10.3. The second kappa shape index (κ2) is 9.03. The van der Waals surface area contributed by atoms with Crippen LogP contribution in [-0.2, 0) is 14.3 Å². The van der Waals surface area contributed by atoms with E-state index < -0.39 is 12.1 Å². The quantitative estimate of drug-likeness (QED) is 0.607. The molecule has 7 nitrogen and oxygen atoms in total. The van der Waals surface area contributed by atoms with Gasteiger partial charge in [-0.25, -0.2) is 4.79 Å². The maximum atomic E-state index is 11.5. The van der Waals surface area contributed by atoms with Gasteiger partial charge in [0.05, 0.1) is 6.42 Å². The van der Waals surface area contributed by atoms with Crippen LogP contribution in [0.3, 0.4) is 0 Å². The molecule has 0 aliphatic heterocycles. The molecule has 0 unspecified atom stereocenters. The van der Waals surface area contributed by atoms with Gasteiger partial charge in [-0.15, -0.1) is 0 Å². The van der Waals surface area contributed by atoms with Crippen LogP contribution in [0.25, 0.3) is 0 Å². The number of alkyl carbamates (subject to hydrolysis) is 1. The molecule has 0 heterocycles. The molecule has 0 aromatic heterocycles. The average molecular weight is 258 g/mol. The summed E-state index contributed by atoms with van der Waals surface area (Å²) in [5.41, 5.74) is 0. The second-order valence-electron chi connectivity index (χ2n) is 3.52. The summed E-state index contributed by atoms with van der Waals surface area (Å²) in [4.78, 5) is 34.1. The number of hydrogen-bond donors (Lipinski definition) is 2. The number of amides is 2. The average Bonchev–Trinajstić information content (AvgIpc) is 2.33. The predicted molar refractivity (Wildman–Crippen MR) is 64.1 cm³/mol. The zero-order chi connectivity index (χ0) is 14.0. The monoisotopic (exact) mass is 258 g/mol. The molecule has 0 bridgehead atoms. The van der Waals surface area contributed by atoms with E-state index in [0.29, 0.717) is 0 Å². The number of carboxylic acids is 1. The summed E-state index contributed by atoms with van der Waals surface area (Å²) in [6, 6.07) is 0. The molecule has 0 aliphatic carbocycles. The van der Waals surface area contributed by atoms with Crippen LogP contribution < -0.4 is 5.32 Å². The van der Waals surface area contributed by atoms with Crippen LogP contribution in [0.4, 0.5) is 4.79 Å². The summed E-state index contributed by atoms with van der Waals surface area (Å²) in [6.45, 7) is 3.79. The Labute approximate surface area is 105 Å². The van der Waals surface area contributed by atoms with Crippen LogP contribution in [0.1, 0.15) is 12.8 Å². The molecule has 0 saturated heterocycles. The third kappa shape index (κ3) is 8.14. The van der Waals surface area contributed by atoms with Crippen LogP contribution in [-0.4, -0.2) is 54.7 Å². The number of hydrogen-bond acceptors (Lipinski definition) is 4. The molecule has 0 saturated carbocycles. The molecule has 2 amide bonds. The summed E-state index contributed by atoms with van der Waals surface area (Å²) < 4.78 is 4.64. The molecular weight excluding hydrogens is 240 g/mol. The fourth-order valence-corrected chi connectivity index (χ4v) is 1.04.